The largest absolute Gasteiger partial charge is 0.0924 e. The van der Waals surface area contributed by atoms with E-state index in [0.717, 1.165) is 28.0 Å². The van der Waals surface area contributed by atoms with Crippen LogP contribution >= 0.6 is 63.7 Å². The van der Waals surface area contributed by atoms with Gasteiger partial charge in [-0.15, -0.1) is 0 Å². The van der Waals surface area contributed by atoms with E-state index in [0.29, 0.717) is 0 Å². The molecule has 14 heavy (non-hydrogen) atoms. The molecule has 0 saturated heterocycles. The van der Waals surface area contributed by atoms with E-state index in [4.69, 9.17) is 0 Å². The molecule has 0 spiro atoms. The number of benzene rings is 1. The van der Waals surface area contributed by atoms with E-state index in [1.165, 1.54) is 15.6 Å². The Morgan fingerprint density at radius 1 is 0.929 bits per heavy atom. The van der Waals surface area contributed by atoms with Gasteiger partial charge in [0, 0.05) is 19.6 Å². The number of aryl methyl sites for hydroxylation is 1. The lowest BCUT2D eigenvalue weighted by Gasteiger charge is -2.11. The van der Waals surface area contributed by atoms with Crippen LogP contribution in [0.15, 0.2) is 21.1 Å². The highest BCUT2D eigenvalue weighted by molar-refractivity contribution is 9.13. The molecule has 0 N–H and O–H groups in total. The standard InChI is InChI=1S/C10H10Br4/c11-5-3-7-1-2-9(13)10(14)8(7)4-6-12/h1-2H,3-6H2. The predicted molar refractivity (Wildman–Crippen MR) is 76.8 cm³/mol. The van der Waals surface area contributed by atoms with Crippen LogP contribution in [0.25, 0.3) is 0 Å². The SMILES string of the molecule is BrCCc1ccc(Br)c(Br)c1CCBr. The van der Waals surface area contributed by atoms with Gasteiger partial charge >= 0.3 is 0 Å². The maximum atomic E-state index is 3.62. The Labute approximate surface area is 118 Å². The molecule has 4 heteroatoms. The molecule has 0 bridgehead atoms. The fraction of sp³-hybridized carbons (Fsp3) is 0.400. The molecule has 0 aliphatic rings. The Hall–Kier alpha value is 1.14. The molecule has 78 valence electrons. The highest BCUT2D eigenvalue weighted by Gasteiger charge is 2.08. The molecule has 0 heterocycles. The summed E-state index contributed by atoms with van der Waals surface area (Å²) in [5, 5.41) is 2.01. The third-order valence-corrected chi connectivity index (χ3v) is 4.89. The summed E-state index contributed by atoms with van der Waals surface area (Å²) < 4.78 is 2.32. The summed E-state index contributed by atoms with van der Waals surface area (Å²) in [5.74, 6) is 0. The maximum Gasteiger partial charge on any atom is 0.0352 e. The normalized spacial score (nSPS) is 10.6. The van der Waals surface area contributed by atoms with Crippen molar-refractivity contribution in [3.05, 3.63) is 32.2 Å². The second-order valence-electron chi connectivity index (χ2n) is 2.88. The van der Waals surface area contributed by atoms with E-state index >= 15 is 0 Å². The van der Waals surface area contributed by atoms with E-state index < -0.39 is 0 Å². The first-order valence-electron chi connectivity index (χ1n) is 4.28. The van der Waals surface area contributed by atoms with Crippen LogP contribution in [-0.4, -0.2) is 10.7 Å². The van der Waals surface area contributed by atoms with Crippen molar-refractivity contribution in [2.45, 2.75) is 12.8 Å². The Balaban J connectivity index is 3.08. The summed E-state index contributed by atoms with van der Waals surface area (Å²) in [5.41, 5.74) is 2.81. The van der Waals surface area contributed by atoms with Gasteiger partial charge in [-0.25, -0.2) is 0 Å². The third-order valence-electron chi connectivity index (χ3n) is 2.00. The first kappa shape index (κ1) is 13.2. The fourth-order valence-electron chi connectivity index (χ4n) is 1.33. The lowest BCUT2D eigenvalue weighted by atomic mass is 10.0. The first-order valence-corrected chi connectivity index (χ1v) is 8.11. The zero-order valence-corrected chi connectivity index (χ0v) is 13.8. The predicted octanol–water partition coefficient (Wildman–Crippen LogP) is 5.09. The lowest BCUT2D eigenvalue weighted by molar-refractivity contribution is 1.05. The molecule has 0 atom stereocenters. The van der Waals surface area contributed by atoms with Crippen LogP contribution in [0.5, 0.6) is 0 Å². The van der Waals surface area contributed by atoms with Crippen LogP contribution < -0.4 is 0 Å². The maximum absolute atomic E-state index is 3.62. The first-order chi connectivity index (χ1) is 6.70. The van der Waals surface area contributed by atoms with Crippen LogP contribution in [0.3, 0.4) is 0 Å². The Kier molecular flexibility index (Phi) is 6.29. The quantitative estimate of drug-likeness (QED) is 0.562. The van der Waals surface area contributed by atoms with E-state index in [1.54, 1.807) is 0 Å². The smallest absolute Gasteiger partial charge is 0.0352 e. The Morgan fingerprint density at radius 3 is 2.14 bits per heavy atom. The van der Waals surface area contributed by atoms with Crippen LogP contribution in [0, 0.1) is 0 Å². The highest BCUT2D eigenvalue weighted by Crippen LogP contribution is 2.30. The minimum absolute atomic E-state index is 0.997. The molecule has 1 aromatic carbocycles. The summed E-state index contributed by atoms with van der Waals surface area (Å²) in [6, 6.07) is 4.29. The van der Waals surface area contributed by atoms with Crippen molar-refractivity contribution in [3.8, 4) is 0 Å². The van der Waals surface area contributed by atoms with Gasteiger partial charge in [0.2, 0.25) is 0 Å². The minimum atomic E-state index is 0.997. The zero-order chi connectivity index (χ0) is 10.6. The van der Waals surface area contributed by atoms with Gasteiger partial charge in [-0.3, -0.25) is 0 Å². The van der Waals surface area contributed by atoms with Crippen molar-refractivity contribution < 1.29 is 0 Å². The Morgan fingerprint density at radius 2 is 1.57 bits per heavy atom. The molecular formula is C10H10Br4. The van der Waals surface area contributed by atoms with Crippen LogP contribution in [0.1, 0.15) is 11.1 Å². The van der Waals surface area contributed by atoms with Gasteiger partial charge in [0.05, 0.1) is 0 Å². The second kappa shape index (κ2) is 6.66. The molecule has 0 amide bonds. The van der Waals surface area contributed by atoms with Gasteiger partial charge in [-0.1, -0.05) is 37.9 Å². The van der Waals surface area contributed by atoms with E-state index in [9.17, 15) is 0 Å². The number of alkyl halides is 2. The third kappa shape index (κ3) is 3.32. The van der Waals surface area contributed by atoms with Crippen LogP contribution in [-0.2, 0) is 12.8 Å². The summed E-state index contributed by atoms with van der Waals surface area (Å²) >= 11 is 14.1. The molecule has 0 radical (unpaired) electrons. The summed E-state index contributed by atoms with van der Waals surface area (Å²) in [6.07, 6.45) is 2.14. The molecular weight excluding hydrogens is 440 g/mol. The van der Waals surface area contributed by atoms with Crippen molar-refractivity contribution in [1.82, 2.24) is 0 Å². The second-order valence-corrected chi connectivity index (χ2v) is 6.11. The monoisotopic (exact) mass is 446 g/mol. The van der Waals surface area contributed by atoms with Gasteiger partial charge in [0.25, 0.3) is 0 Å². The van der Waals surface area contributed by atoms with E-state index in [-0.39, 0.29) is 0 Å². The molecule has 0 aliphatic heterocycles. The number of halogens is 4. The van der Waals surface area contributed by atoms with Crippen molar-refractivity contribution in [2.24, 2.45) is 0 Å². The molecule has 0 aromatic heterocycles. The molecule has 0 nitrogen and oxygen atoms in total. The lowest BCUT2D eigenvalue weighted by Crippen LogP contribution is -1.98. The summed E-state index contributed by atoms with van der Waals surface area (Å²) in [4.78, 5) is 0. The average molecular weight is 450 g/mol. The van der Waals surface area contributed by atoms with Gasteiger partial charge in [-0.05, 0) is 61.9 Å². The summed E-state index contributed by atoms with van der Waals surface area (Å²) in [6.45, 7) is 0. The van der Waals surface area contributed by atoms with Crippen molar-refractivity contribution in [1.29, 1.82) is 0 Å². The topological polar surface area (TPSA) is 0 Å². The van der Waals surface area contributed by atoms with Gasteiger partial charge in [0.1, 0.15) is 0 Å². The van der Waals surface area contributed by atoms with E-state index in [1.807, 2.05) is 0 Å². The number of hydrogen-bond acceptors (Lipinski definition) is 0. The minimum Gasteiger partial charge on any atom is -0.0924 e. The molecule has 1 rings (SSSR count). The summed E-state index contributed by atoms with van der Waals surface area (Å²) in [7, 11) is 0. The molecule has 0 unspecified atom stereocenters. The highest BCUT2D eigenvalue weighted by atomic mass is 79.9. The van der Waals surface area contributed by atoms with Gasteiger partial charge in [0.15, 0.2) is 0 Å². The van der Waals surface area contributed by atoms with Crippen LogP contribution in [0.2, 0.25) is 0 Å². The average Bonchev–Trinajstić information content (AvgIpc) is 2.18. The van der Waals surface area contributed by atoms with Gasteiger partial charge < -0.3 is 0 Å². The fourth-order valence-corrected chi connectivity index (χ4v) is 3.11. The molecule has 0 saturated carbocycles. The van der Waals surface area contributed by atoms with Crippen LogP contribution in [0.4, 0.5) is 0 Å². The molecule has 0 fully saturated rings. The van der Waals surface area contributed by atoms with E-state index in [2.05, 4.69) is 75.9 Å². The number of rotatable bonds is 4. The Bertz CT molecular complexity index is 309. The molecule has 0 aliphatic carbocycles. The van der Waals surface area contributed by atoms with Gasteiger partial charge in [-0.2, -0.15) is 0 Å². The zero-order valence-electron chi connectivity index (χ0n) is 7.49. The molecule has 1 aromatic rings. The van der Waals surface area contributed by atoms with Crippen molar-refractivity contribution >= 4 is 63.7 Å². The van der Waals surface area contributed by atoms with Crippen molar-refractivity contribution in [2.75, 3.05) is 10.7 Å². The number of hydrogen-bond donors (Lipinski definition) is 0. The van der Waals surface area contributed by atoms with Crippen molar-refractivity contribution in [3.63, 3.8) is 0 Å².